The molecular weight excluding hydrogens is 325 g/mol. The van der Waals surface area contributed by atoms with Crippen LogP contribution in [-0.4, -0.2) is 25.6 Å². The van der Waals surface area contributed by atoms with Gasteiger partial charge in [0.2, 0.25) is 0 Å². The van der Waals surface area contributed by atoms with Crippen molar-refractivity contribution < 1.29 is 23.5 Å². The van der Waals surface area contributed by atoms with Crippen LogP contribution in [0.15, 0.2) is 48.5 Å². The third-order valence-electron chi connectivity index (χ3n) is 3.36. The van der Waals surface area contributed by atoms with Gasteiger partial charge in [-0.25, -0.2) is 9.18 Å². The van der Waals surface area contributed by atoms with Gasteiger partial charge in [0.15, 0.2) is 6.61 Å². The molecular formula is C19H18FNO4. The SMILES string of the molecule is COc1ccccc1/C=C/C(=O)OCC(=O)Nc1cc(F)ccc1C. The average Bonchev–Trinajstić information content (AvgIpc) is 2.61. The molecule has 2 aromatic rings. The second kappa shape index (κ2) is 8.63. The number of hydrogen-bond donors (Lipinski definition) is 1. The maximum absolute atomic E-state index is 13.2. The number of nitrogens with one attached hydrogen (secondary N) is 1. The lowest BCUT2D eigenvalue weighted by Gasteiger charge is -2.08. The zero-order chi connectivity index (χ0) is 18.2. The molecule has 0 atom stereocenters. The molecule has 0 unspecified atom stereocenters. The van der Waals surface area contributed by atoms with E-state index in [4.69, 9.17) is 9.47 Å². The van der Waals surface area contributed by atoms with Crippen molar-refractivity contribution in [1.82, 2.24) is 0 Å². The van der Waals surface area contributed by atoms with Gasteiger partial charge in [-0.15, -0.1) is 0 Å². The molecule has 2 aromatic carbocycles. The first-order valence-electron chi connectivity index (χ1n) is 7.53. The molecule has 1 amide bonds. The van der Waals surface area contributed by atoms with E-state index in [-0.39, 0.29) is 0 Å². The summed E-state index contributed by atoms with van der Waals surface area (Å²) in [6.07, 6.45) is 2.74. The Morgan fingerprint density at radius 1 is 1.20 bits per heavy atom. The number of aryl methyl sites for hydroxylation is 1. The number of benzene rings is 2. The zero-order valence-electron chi connectivity index (χ0n) is 13.9. The van der Waals surface area contributed by atoms with Gasteiger partial charge in [-0.2, -0.15) is 0 Å². The number of methoxy groups -OCH3 is 1. The number of anilines is 1. The molecule has 0 aromatic heterocycles. The molecule has 25 heavy (non-hydrogen) atoms. The largest absolute Gasteiger partial charge is 0.496 e. The highest BCUT2D eigenvalue weighted by Crippen LogP contribution is 2.18. The molecule has 2 rings (SSSR count). The quantitative estimate of drug-likeness (QED) is 0.645. The normalized spacial score (nSPS) is 10.5. The minimum absolute atomic E-state index is 0.339. The summed E-state index contributed by atoms with van der Waals surface area (Å²) in [6, 6.07) is 11.2. The number of carbonyl (C=O) groups is 2. The maximum Gasteiger partial charge on any atom is 0.331 e. The summed E-state index contributed by atoms with van der Waals surface area (Å²) in [6.45, 7) is 1.27. The lowest BCUT2D eigenvalue weighted by atomic mass is 10.2. The van der Waals surface area contributed by atoms with Crippen LogP contribution in [0, 0.1) is 12.7 Å². The van der Waals surface area contributed by atoms with E-state index in [1.54, 1.807) is 25.1 Å². The van der Waals surface area contributed by atoms with Gasteiger partial charge >= 0.3 is 5.97 Å². The van der Waals surface area contributed by atoms with Crippen molar-refractivity contribution in [3.63, 3.8) is 0 Å². The molecule has 130 valence electrons. The van der Waals surface area contributed by atoms with Gasteiger partial charge in [0.1, 0.15) is 11.6 Å². The Kier molecular flexibility index (Phi) is 6.28. The summed E-state index contributed by atoms with van der Waals surface area (Å²) < 4.78 is 23.2. The van der Waals surface area contributed by atoms with E-state index in [2.05, 4.69) is 5.32 Å². The molecule has 1 N–H and O–H groups in total. The van der Waals surface area contributed by atoms with Crippen LogP contribution in [0.25, 0.3) is 6.08 Å². The second-order valence-electron chi connectivity index (χ2n) is 5.19. The number of para-hydroxylation sites is 1. The fourth-order valence-corrected chi connectivity index (χ4v) is 2.06. The van der Waals surface area contributed by atoms with Crippen LogP contribution < -0.4 is 10.1 Å². The van der Waals surface area contributed by atoms with E-state index in [9.17, 15) is 14.0 Å². The number of carbonyl (C=O) groups excluding carboxylic acids is 2. The number of rotatable bonds is 6. The van der Waals surface area contributed by atoms with Crippen molar-refractivity contribution in [2.24, 2.45) is 0 Å². The number of ether oxygens (including phenoxy) is 2. The highest BCUT2D eigenvalue weighted by Gasteiger charge is 2.08. The number of halogens is 1. The van der Waals surface area contributed by atoms with E-state index >= 15 is 0 Å². The molecule has 0 aliphatic carbocycles. The topological polar surface area (TPSA) is 64.6 Å². The molecule has 0 fully saturated rings. The minimum atomic E-state index is -0.669. The van der Waals surface area contributed by atoms with Crippen molar-refractivity contribution in [3.8, 4) is 5.75 Å². The van der Waals surface area contributed by atoms with Crippen LogP contribution in [0.4, 0.5) is 10.1 Å². The molecule has 5 nitrogen and oxygen atoms in total. The predicted molar refractivity (Wildman–Crippen MR) is 92.8 cm³/mol. The van der Waals surface area contributed by atoms with Crippen molar-refractivity contribution in [1.29, 1.82) is 0 Å². The average molecular weight is 343 g/mol. The fourth-order valence-electron chi connectivity index (χ4n) is 2.06. The number of hydrogen-bond acceptors (Lipinski definition) is 4. The Balaban J connectivity index is 1.88. The van der Waals surface area contributed by atoms with E-state index in [0.29, 0.717) is 22.6 Å². The molecule has 0 aliphatic rings. The van der Waals surface area contributed by atoms with Gasteiger partial charge in [-0.3, -0.25) is 4.79 Å². The van der Waals surface area contributed by atoms with Crippen LogP contribution in [-0.2, 0) is 14.3 Å². The van der Waals surface area contributed by atoms with Crippen LogP contribution in [0.1, 0.15) is 11.1 Å². The van der Waals surface area contributed by atoms with Crippen molar-refractivity contribution >= 4 is 23.6 Å². The summed E-state index contributed by atoms with van der Waals surface area (Å²) in [7, 11) is 1.53. The van der Waals surface area contributed by atoms with E-state index in [1.165, 1.54) is 31.4 Å². The predicted octanol–water partition coefficient (Wildman–Crippen LogP) is 3.34. The van der Waals surface area contributed by atoms with Gasteiger partial charge in [-0.05, 0) is 36.8 Å². The smallest absolute Gasteiger partial charge is 0.331 e. The summed E-state index contributed by atoms with van der Waals surface area (Å²) in [5, 5.41) is 2.50. The van der Waals surface area contributed by atoms with Crippen LogP contribution in [0.5, 0.6) is 5.75 Å². The fraction of sp³-hybridized carbons (Fsp3) is 0.158. The van der Waals surface area contributed by atoms with Crippen LogP contribution in [0.2, 0.25) is 0 Å². The van der Waals surface area contributed by atoms with Crippen LogP contribution >= 0.6 is 0 Å². The van der Waals surface area contributed by atoms with E-state index in [0.717, 1.165) is 0 Å². The third kappa shape index (κ3) is 5.46. The lowest BCUT2D eigenvalue weighted by Crippen LogP contribution is -2.20. The summed E-state index contributed by atoms with van der Waals surface area (Å²) in [5.74, 6) is -1.06. The Bertz CT molecular complexity index is 802. The molecule has 0 aliphatic heterocycles. The Morgan fingerprint density at radius 3 is 2.72 bits per heavy atom. The van der Waals surface area contributed by atoms with Crippen molar-refractivity contribution in [2.75, 3.05) is 19.0 Å². The van der Waals surface area contributed by atoms with Gasteiger partial charge in [0.25, 0.3) is 5.91 Å². The van der Waals surface area contributed by atoms with E-state index in [1.807, 2.05) is 12.1 Å². The first kappa shape index (κ1) is 18.2. The number of amides is 1. The maximum atomic E-state index is 13.2. The summed E-state index contributed by atoms with van der Waals surface area (Å²) in [4.78, 5) is 23.5. The molecule has 6 heteroatoms. The Hall–Kier alpha value is -3.15. The monoisotopic (exact) mass is 343 g/mol. The highest BCUT2D eigenvalue weighted by atomic mass is 19.1. The summed E-state index contributed by atoms with van der Waals surface area (Å²) >= 11 is 0. The number of esters is 1. The molecule has 0 radical (unpaired) electrons. The lowest BCUT2D eigenvalue weighted by molar-refractivity contribution is -0.142. The molecule has 0 spiro atoms. The first-order valence-corrected chi connectivity index (χ1v) is 7.53. The molecule has 0 saturated heterocycles. The van der Waals surface area contributed by atoms with Gasteiger partial charge in [-0.1, -0.05) is 24.3 Å². The first-order chi connectivity index (χ1) is 12.0. The van der Waals surface area contributed by atoms with Gasteiger partial charge in [0.05, 0.1) is 7.11 Å². The standard InChI is InChI=1S/C19H18FNO4/c1-13-7-9-15(20)11-16(13)21-18(22)12-25-19(23)10-8-14-5-3-4-6-17(14)24-2/h3-11H,12H2,1-2H3,(H,21,22)/b10-8+. The minimum Gasteiger partial charge on any atom is -0.496 e. The second-order valence-corrected chi connectivity index (χ2v) is 5.19. The molecule has 0 bridgehead atoms. The van der Waals surface area contributed by atoms with Crippen molar-refractivity contribution in [2.45, 2.75) is 6.92 Å². The van der Waals surface area contributed by atoms with Crippen molar-refractivity contribution in [3.05, 3.63) is 65.5 Å². The summed E-state index contributed by atoms with van der Waals surface area (Å²) in [5.41, 5.74) is 1.75. The van der Waals surface area contributed by atoms with E-state index < -0.39 is 24.3 Å². The third-order valence-corrected chi connectivity index (χ3v) is 3.36. The zero-order valence-corrected chi connectivity index (χ0v) is 13.9. The highest BCUT2D eigenvalue weighted by molar-refractivity contribution is 5.95. The van der Waals surface area contributed by atoms with Crippen LogP contribution in [0.3, 0.4) is 0 Å². The Labute approximate surface area is 145 Å². The van der Waals surface area contributed by atoms with Gasteiger partial charge < -0.3 is 14.8 Å². The molecule has 0 heterocycles. The Morgan fingerprint density at radius 2 is 1.96 bits per heavy atom. The molecule has 0 saturated carbocycles. The van der Waals surface area contributed by atoms with Gasteiger partial charge in [0, 0.05) is 17.3 Å².